The predicted molar refractivity (Wildman–Crippen MR) is 146 cm³/mol. The van der Waals surface area contributed by atoms with Gasteiger partial charge in [0, 0.05) is 12.0 Å². The molecule has 1 aliphatic heterocycles. The number of ketones is 1. The SMILES string of the molecule is CCOc1ccc(N=C2SC(CC(=O)c3ccc(C)c(C)c3)C(=O)N2c2ccc(OCC)cc2)cc1. The van der Waals surface area contributed by atoms with Crippen LogP contribution in [0.1, 0.15) is 41.8 Å². The minimum absolute atomic E-state index is 0.0575. The Balaban J connectivity index is 1.63. The Hall–Kier alpha value is -3.58. The first kappa shape index (κ1) is 25.5. The highest BCUT2D eigenvalue weighted by Crippen LogP contribution is 2.36. The zero-order chi connectivity index (χ0) is 25.7. The van der Waals surface area contributed by atoms with Gasteiger partial charge in [0.15, 0.2) is 11.0 Å². The number of Topliss-reactive ketones (excluding diaryl/α,β-unsaturated/α-hetero) is 1. The van der Waals surface area contributed by atoms with Crippen LogP contribution in [0.5, 0.6) is 11.5 Å². The maximum Gasteiger partial charge on any atom is 0.247 e. The number of nitrogens with zero attached hydrogens (tertiary/aromatic N) is 2. The van der Waals surface area contributed by atoms with Gasteiger partial charge in [-0.15, -0.1) is 0 Å². The van der Waals surface area contributed by atoms with Crippen molar-refractivity contribution in [3.63, 3.8) is 0 Å². The van der Waals surface area contributed by atoms with E-state index in [1.807, 2.05) is 94.4 Å². The first-order chi connectivity index (χ1) is 17.4. The number of hydrogen-bond donors (Lipinski definition) is 0. The second kappa shape index (κ2) is 11.4. The third kappa shape index (κ3) is 5.79. The molecule has 1 saturated heterocycles. The fourth-order valence-electron chi connectivity index (χ4n) is 3.86. The third-order valence-electron chi connectivity index (χ3n) is 5.91. The Kier molecular flexibility index (Phi) is 8.10. The van der Waals surface area contributed by atoms with Crippen LogP contribution in [0.25, 0.3) is 0 Å². The molecule has 0 spiro atoms. The Morgan fingerprint density at radius 1 is 0.889 bits per heavy atom. The van der Waals surface area contributed by atoms with Crippen LogP contribution in [0, 0.1) is 13.8 Å². The van der Waals surface area contributed by atoms with E-state index in [4.69, 9.17) is 14.5 Å². The Labute approximate surface area is 216 Å². The number of anilines is 1. The molecule has 0 radical (unpaired) electrons. The molecular weight excluding hydrogens is 472 g/mol. The molecule has 0 N–H and O–H groups in total. The van der Waals surface area contributed by atoms with Crippen molar-refractivity contribution in [1.29, 1.82) is 0 Å². The van der Waals surface area contributed by atoms with Crippen LogP contribution in [0.2, 0.25) is 0 Å². The van der Waals surface area contributed by atoms with Crippen LogP contribution >= 0.6 is 11.8 Å². The fourth-order valence-corrected chi connectivity index (χ4v) is 5.02. The summed E-state index contributed by atoms with van der Waals surface area (Å²) in [5.74, 6) is 1.27. The highest BCUT2D eigenvalue weighted by Gasteiger charge is 2.40. The van der Waals surface area contributed by atoms with Gasteiger partial charge in [-0.2, -0.15) is 0 Å². The lowest BCUT2D eigenvalue weighted by Crippen LogP contribution is -2.32. The average molecular weight is 503 g/mol. The lowest BCUT2D eigenvalue weighted by Gasteiger charge is -2.17. The van der Waals surface area contributed by atoms with Gasteiger partial charge in [-0.25, -0.2) is 4.99 Å². The van der Waals surface area contributed by atoms with Gasteiger partial charge in [0.1, 0.15) is 11.5 Å². The van der Waals surface area contributed by atoms with Crippen LogP contribution in [0.3, 0.4) is 0 Å². The highest BCUT2D eigenvalue weighted by atomic mass is 32.2. The topological polar surface area (TPSA) is 68.2 Å². The molecule has 1 atom stereocenters. The van der Waals surface area contributed by atoms with Gasteiger partial charge in [0.2, 0.25) is 5.91 Å². The molecule has 1 fully saturated rings. The summed E-state index contributed by atoms with van der Waals surface area (Å²) in [5, 5.41) is -0.0293. The van der Waals surface area contributed by atoms with E-state index in [2.05, 4.69) is 0 Å². The number of amidine groups is 1. The Morgan fingerprint density at radius 3 is 2.08 bits per heavy atom. The number of ether oxygens (including phenoxy) is 2. The van der Waals surface area contributed by atoms with Gasteiger partial charge in [-0.05, 0) is 93.4 Å². The fraction of sp³-hybridized carbons (Fsp3) is 0.276. The first-order valence-corrected chi connectivity index (χ1v) is 12.9. The number of aryl methyl sites for hydroxylation is 2. The molecular formula is C29H30N2O4S. The molecule has 3 aromatic rings. The molecule has 1 unspecified atom stereocenters. The summed E-state index contributed by atoms with van der Waals surface area (Å²) in [7, 11) is 0. The molecule has 0 bridgehead atoms. The molecule has 3 aromatic carbocycles. The van der Waals surface area contributed by atoms with Crippen LogP contribution < -0.4 is 14.4 Å². The minimum Gasteiger partial charge on any atom is -0.494 e. The molecule has 186 valence electrons. The van der Waals surface area contributed by atoms with Crippen molar-refractivity contribution in [3.8, 4) is 11.5 Å². The third-order valence-corrected chi connectivity index (χ3v) is 7.05. The number of carbonyl (C=O) groups is 2. The summed E-state index contributed by atoms with van der Waals surface area (Å²) in [5.41, 5.74) is 4.19. The number of benzene rings is 3. The zero-order valence-corrected chi connectivity index (χ0v) is 21.8. The summed E-state index contributed by atoms with van der Waals surface area (Å²) in [6.07, 6.45) is 0.0990. The van der Waals surface area contributed by atoms with Gasteiger partial charge in [0.25, 0.3) is 0 Å². The standard InChI is InChI=1S/C29H30N2O4S/c1-5-34-24-13-9-22(10-14-24)30-29-31(23-11-15-25(16-12-23)35-6-2)28(33)27(36-29)18-26(32)21-8-7-19(3)20(4)17-21/h7-17,27H,5-6,18H2,1-4H3. The van der Waals surface area contributed by atoms with Gasteiger partial charge in [-0.1, -0.05) is 23.9 Å². The van der Waals surface area contributed by atoms with Gasteiger partial charge in [-0.3, -0.25) is 14.5 Å². The molecule has 0 aliphatic carbocycles. The quantitative estimate of drug-likeness (QED) is 0.312. The van der Waals surface area contributed by atoms with Crippen molar-refractivity contribution in [2.75, 3.05) is 18.1 Å². The second-order valence-electron chi connectivity index (χ2n) is 8.45. The van der Waals surface area contributed by atoms with E-state index in [0.29, 0.717) is 35.3 Å². The summed E-state index contributed by atoms with van der Waals surface area (Å²) >= 11 is 1.32. The predicted octanol–water partition coefficient (Wildman–Crippen LogP) is 6.51. The van der Waals surface area contributed by atoms with Crippen molar-refractivity contribution >= 4 is 40.0 Å². The van der Waals surface area contributed by atoms with Crippen molar-refractivity contribution in [2.24, 2.45) is 4.99 Å². The molecule has 6 nitrogen and oxygen atoms in total. The van der Waals surface area contributed by atoms with Gasteiger partial charge < -0.3 is 9.47 Å². The minimum atomic E-state index is -0.563. The van der Waals surface area contributed by atoms with Crippen molar-refractivity contribution < 1.29 is 19.1 Å². The van der Waals surface area contributed by atoms with Gasteiger partial charge in [0.05, 0.1) is 29.8 Å². The molecule has 4 rings (SSSR count). The number of hydrogen-bond acceptors (Lipinski definition) is 6. The van der Waals surface area contributed by atoms with Crippen LogP contribution in [-0.2, 0) is 4.79 Å². The van der Waals surface area contributed by atoms with Crippen molar-refractivity contribution in [2.45, 2.75) is 39.4 Å². The van der Waals surface area contributed by atoms with E-state index >= 15 is 0 Å². The summed E-state index contributed by atoms with van der Waals surface area (Å²) in [6, 6.07) is 20.4. The Bertz CT molecular complexity index is 1270. The monoisotopic (exact) mass is 502 g/mol. The molecule has 7 heteroatoms. The number of thioether (sulfide) groups is 1. The summed E-state index contributed by atoms with van der Waals surface area (Å²) in [6.45, 7) is 9.00. The number of aliphatic imine (C=N–C) groups is 1. The number of amides is 1. The maximum absolute atomic E-state index is 13.6. The molecule has 1 amide bonds. The van der Waals surface area contributed by atoms with Crippen LogP contribution in [0.15, 0.2) is 71.7 Å². The number of rotatable bonds is 9. The van der Waals surface area contributed by atoms with Crippen LogP contribution in [0.4, 0.5) is 11.4 Å². The van der Waals surface area contributed by atoms with E-state index in [-0.39, 0.29) is 18.1 Å². The molecule has 0 aromatic heterocycles. The lowest BCUT2D eigenvalue weighted by atomic mass is 10.0. The van der Waals surface area contributed by atoms with Gasteiger partial charge >= 0.3 is 0 Å². The summed E-state index contributed by atoms with van der Waals surface area (Å²) < 4.78 is 11.1. The van der Waals surface area contributed by atoms with E-state index in [9.17, 15) is 9.59 Å². The van der Waals surface area contributed by atoms with E-state index in [1.54, 1.807) is 4.90 Å². The smallest absolute Gasteiger partial charge is 0.247 e. The second-order valence-corrected chi connectivity index (χ2v) is 9.62. The Morgan fingerprint density at radius 2 is 1.50 bits per heavy atom. The molecule has 1 aliphatic rings. The average Bonchev–Trinajstić information content (AvgIpc) is 3.17. The van der Waals surface area contributed by atoms with Crippen LogP contribution in [-0.4, -0.2) is 35.3 Å². The van der Waals surface area contributed by atoms with E-state index in [0.717, 1.165) is 22.6 Å². The number of carbonyl (C=O) groups excluding carboxylic acids is 2. The maximum atomic E-state index is 13.6. The largest absolute Gasteiger partial charge is 0.494 e. The van der Waals surface area contributed by atoms with Crippen molar-refractivity contribution in [3.05, 3.63) is 83.4 Å². The highest BCUT2D eigenvalue weighted by molar-refractivity contribution is 8.16. The molecule has 0 saturated carbocycles. The first-order valence-electron chi connectivity index (χ1n) is 12.0. The van der Waals surface area contributed by atoms with E-state index in [1.165, 1.54) is 11.8 Å². The lowest BCUT2D eigenvalue weighted by molar-refractivity contribution is -0.116. The summed E-state index contributed by atoms with van der Waals surface area (Å²) in [4.78, 5) is 33.0. The van der Waals surface area contributed by atoms with Crippen molar-refractivity contribution in [1.82, 2.24) is 0 Å². The molecule has 36 heavy (non-hydrogen) atoms. The zero-order valence-electron chi connectivity index (χ0n) is 21.0. The molecule has 1 heterocycles. The normalized spacial score (nSPS) is 16.4. The van der Waals surface area contributed by atoms with E-state index < -0.39 is 5.25 Å².